The summed E-state index contributed by atoms with van der Waals surface area (Å²) in [7, 11) is 0. The van der Waals surface area contributed by atoms with Crippen molar-refractivity contribution in [1.82, 2.24) is 0 Å². The molecule has 0 spiro atoms. The molecular formula is C26H30ClFNO+. The predicted octanol–water partition coefficient (Wildman–Crippen LogP) is 6.11. The molecule has 4 heteroatoms. The Morgan fingerprint density at radius 1 is 0.800 bits per heavy atom. The number of hydrogen-bond acceptors (Lipinski definition) is 1. The quantitative estimate of drug-likeness (QED) is 0.438. The Hall–Kier alpha value is -2.36. The Labute approximate surface area is 184 Å². The fourth-order valence-electron chi connectivity index (χ4n) is 3.69. The normalized spacial score (nSPS) is 13.3. The highest BCUT2D eigenvalue weighted by molar-refractivity contribution is 6.30. The van der Waals surface area contributed by atoms with E-state index in [-0.39, 0.29) is 17.8 Å². The summed E-state index contributed by atoms with van der Waals surface area (Å²) in [4.78, 5) is 0. The van der Waals surface area contributed by atoms with Gasteiger partial charge in [-0.2, -0.15) is 0 Å². The van der Waals surface area contributed by atoms with Crippen LogP contribution in [0, 0.1) is 5.82 Å². The maximum Gasteiger partial charge on any atom is 0.123 e. The van der Waals surface area contributed by atoms with E-state index in [4.69, 9.17) is 16.3 Å². The van der Waals surface area contributed by atoms with Crippen molar-refractivity contribution >= 4 is 11.6 Å². The van der Waals surface area contributed by atoms with E-state index >= 15 is 0 Å². The predicted molar refractivity (Wildman–Crippen MR) is 122 cm³/mol. The number of ether oxygens (including phenoxy) is 1. The molecule has 30 heavy (non-hydrogen) atoms. The highest BCUT2D eigenvalue weighted by Gasteiger charge is 2.17. The Morgan fingerprint density at radius 3 is 1.90 bits per heavy atom. The van der Waals surface area contributed by atoms with Crippen molar-refractivity contribution in [3.05, 3.63) is 100 Å². The van der Waals surface area contributed by atoms with Crippen LogP contribution in [0.25, 0.3) is 0 Å². The van der Waals surface area contributed by atoms with Gasteiger partial charge in [-0.1, -0.05) is 48.0 Å². The summed E-state index contributed by atoms with van der Waals surface area (Å²) in [5.74, 6) is 0.864. The van der Waals surface area contributed by atoms with E-state index in [0.29, 0.717) is 6.04 Å². The van der Waals surface area contributed by atoms with Gasteiger partial charge in [0.05, 0.1) is 12.6 Å². The van der Waals surface area contributed by atoms with Gasteiger partial charge in [0.15, 0.2) is 0 Å². The second-order valence-corrected chi connectivity index (χ2v) is 8.43. The van der Waals surface area contributed by atoms with Crippen LogP contribution in [0.3, 0.4) is 0 Å². The average Bonchev–Trinajstić information content (AvgIpc) is 2.73. The first-order valence-electron chi connectivity index (χ1n) is 10.5. The van der Waals surface area contributed by atoms with Crippen LogP contribution in [0.4, 0.5) is 4.39 Å². The Morgan fingerprint density at radius 2 is 1.33 bits per heavy atom. The molecule has 0 aliphatic heterocycles. The molecule has 0 unspecified atom stereocenters. The third-order valence-electron chi connectivity index (χ3n) is 5.30. The minimum Gasteiger partial charge on any atom is -0.491 e. The van der Waals surface area contributed by atoms with E-state index in [0.717, 1.165) is 29.3 Å². The molecule has 0 saturated carbocycles. The number of nitrogens with two attached hydrogens (primary N) is 1. The van der Waals surface area contributed by atoms with Crippen LogP contribution >= 0.6 is 11.6 Å². The highest BCUT2D eigenvalue weighted by Crippen LogP contribution is 2.29. The van der Waals surface area contributed by atoms with Gasteiger partial charge in [-0.25, -0.2) is 4.39 Å². The summed E-state index contributed by atoms with van der Waals surface area (Å²) >= 11 is 6.00. The van der Waals surface area contributed by atoms with Gasteiger partial charge in [0, 0.05) is 22.9 Å². The molecular weight excluding hydrogens is 397 g/mol. The molecule has 0 radical (unpaired) electrons. The Kier molecular flexibility index (Phi) is 7.89. The summed E-state index contributed by atoms with van der Waals surface area (Å²) in [6.45, 7) is 7.20. The van der Waals surface area contributed by atoms with Crippen LogP contribution in [0.15, 0.2) is 72.8 Å². The van der Waals surface area contributed by atoms with Gasteiger partial charge in [-0.05, 0) is 68.3 Å². The van der Waals surface area contributed by atoms with Crippen LogP contribution in [0.1, 0.15) is 55.8 Å². The number of rotatable bonds is 9. The van der Waals surface area contributed by atoms with Crippen molar-refractivity contribution in [3.8, 4) is 5.75 Å². The number of benzene rings is 3. The van der Waals surface area contributed by atoms with Gasteiger partial charge in [0.25, 0.3) is 0 Å². The van der Waals surface area contributed by atoms with E-state index in [1.54, 1.807) is 12.1 Å². The lowest BCUT2D eigenvalue weighted by atomic mass is 9.88. The van der Waals surface area contributed by atoms with Gasteiger partial charge in [-0.3, -0.25) is 0 Å². The SMILES string of the molecule is CC(C)Oc1ccc([C@H](CC[NH2+][C@@H](C)c2ccc(Cl)cc2)c2ccc(F)cc2)cc1. The van der Waals surface area contributed by atoms with E-state index in [1.807, 2.05) is 50.2 Å². The smallest absolute Gasteiger partial charge is 0.123 e. The zero-order valence-electron chi connectivity index (χ0n) is 17.8. The van der Waals surface area contributed by atoms with Crippen molar-refractivity contribution in [2.75, 3.05) is 6.54 Å². The molecule has 3 aromatic rings. The van der Waals surface area contributed by atoms with Gasteiger partial charge in [0.2, 0.25) is 0 Å². The standard InChI is InChI=1S/C26H29ClFNO/c1-18(2)30-25-14-8-22(9-15-25)26(21-6-12-24(28)13-7-21)16-17-29-19(3)20-4-10-23(27)11-5-20/h4-15,18-19,26,29H,16-17H2,1-3H3/p+1/t19-,26+/m0/s1. The second kappa shape index (κ2) is 10.6. The molecule has 0 aliphatic rings. The first kappa shape index (κ1) is 22.3. The molecule has 0 heterocycles. The summed E-state index contributed by atoms with van der Waals surface area (Å²) in [6, 6.07) is 23.5. The van der Waals surface area contributed by atoms with E-state index in [2.05, 4.69) is 36.5 Å². The topological polar surface area (TPSA) is 25.8 Å². The van der Waals surface area contributed by atoms with Crippen LogP contribution in [-0.2, 0) is 0 Å². The van der Waals surface area contributed by atoms with Crippen LogP contribution in [-0.4, -0.2) is 12.6 Å². The third kappa shape index (κ3) is 6.32. The molecule has 2 N–H and O–H groups in total. The van der Waals surface area contributed by atoms with Crippen molar-refractivity contribution < 1.29 is 14.4 Å². The lowest BCUT2D eigenvalue weighted by Crippen LogP contribution is -2.84. The molecule has 0 fully saturated rings. The summed E-state index contributed by atoms with van der Waals surface area (Å²) in [6.07, 6.45) is 1.10. The third-order valence-corrected chi connectivity index (χ3v) is 5.55. The Balaban J connectivity index is 1.71. The van der Waals surface area contributed by atoms with Crippen molar-refractivity contribution in [3.63, 3.8) is 0 Å². The van der Waals surface area contributed by atoms with Crippen LogP contribution < -0.4 is 10.1 Å². The van der Waals surface area contributed by atoms with Crippen LogP contribution in [0.2, 0.25) is 5.02 Å². The van der Waals surface area contributed by atoms with E-state index in [1.165, 1.54) is 11.1 Å². The molecule has 3 rings (SSSR count). The number of hydrogen-bond donors (Lipinski definition) is 1. The Bertz CT molecular complexity index is 907. The zero-order chi connectivity index (χ0) is 21.5. The maximum atomic E-state index is 13.5. The molecule has 2 nitrogen and oxygen atoms in total. The second-order valence-electron chi connectivity index (χ2n) is 7.99. The highest BCUT2D eigenvalue weighted by atomic mass is 35.5. The van der Waals surface area contributed by atoms with Crippen molar-refractivity contribution in [1.29, 1.82) is 0 Å². The van der Waals surface area contributed by atoms with Crippen molar-refractivity contribution in [2.45, 2.75) is 45.3 Å². The minimum absolute atomic E-state index is 0.146. The molecule has 3 aromatic carbocycles. The molecule has 0 aromatic heterocycles. The zero-order valence-corrected chi connectivity index (χ0v) is 18.6. The molecule has 0 amide bonds. The summed E-state index contributed by atoms with van der Waals surface area (Å²) < 4.78 is 19.2. The van der Waals surface area contributed by atoms with E-state index < -0.39 is 0 Å². The lowest BCUT2D eigenvalue weighted by Gasteiger charge is -2.20. The van der Waals surface area contributed by atoms with Crippen LogP contribution in [0.5, 0.6) is 5.75 Å². The largest absolute Gasteiger partial charge is 0.491 e. The minimum atomic E-state index is -0.207. The summed E-state index contributed by atoms with van der Waals surface area (Å²) in [5, 5.41) is 3.10. The fraction of sp³-hybridized carbons (Fsp3) is 0.308. The molecule has 158 valence electrons. The first-order chi connectivity index (χ1) is 14.4. The molecule has 0 saturated heterocycles. The lowest BCUT2D eigenvalue weighted by molar-refractivity contribution is -0.693. The maximum absolute atomic E-state index is 13.5. The molecule has 2 atom stereocenters. The van der Waals surface area contributed by atoms with Crippen molar-refractivity contribution in [2.24, 2.45) is 0 Å². The fourth-order valence-corrected chi connectivity index (χ4v) is 3.81. The molecule has 0 bridgehead atoms. The number of halogens is 2. The summed E-state index contributed by atoms with van der Waals surface area (Å²) in [5.41, 5.74) is 3.60. The van der Waals surface area contributed by atoms with Gasteiger partial charge < -0.3 is 10.1 Å². The number of quaternary nitrogens is 1. The van der Waals surface area contributed by atoms with Gasteiger partial charge in [-0.15, -0.1) is 0 Å². The van der Waals surface area contributed by atoms with Gasteiger partial charge in [0.1, 0.15) is 17.6 Å². The van der Waals surface area contributed by atoms with Gasteiger partial charge >= 0.3 is 0 Å². The van der Waals surface area contributed by atoms with E-state index in [9.17, 15) is 4.39 Å². The average molecular weight is 427 g/mol. The first-order valence-corrected chi connectivity index (χ1v) is 10.9. The molecule has 0 aliphatic carbocycles. The monoisotopic (exact) mass is 426 g/mol.